The molecule has 0 radical (unpaired) electrons. The van der Waals surface area contributed by atoms with Crippen molar-refractivity contribution in [2.75, 3.05) is 6.61 Å². The smallest absolute Gasteiger partial charge is 0.119 e. The molecule has 0 bridgehead atoms. The molecule has 1 heteroatoms. The Labute approximate surface area is 147 Å². The second-order valence-corrected chi connectivity index (χ2v) is 6.13. The summed E-state index contributed by atoms with van der Waals surface area (Å²) >= 11 is 0. The second-order valence-electron chi connectivity index (χ2n) is 6.13. The minimum absolute atomic E-state index is 0.801. The molecule has 0 spiro atoms. The first kappa shape index (κ1) is 18.1. The fourth-order valence-electron chi connectivity index (χ4n) is 2.54. The molecule has 0 atom stereocenters. The SMILES string of the molecule is CCCCCCOc1ccc(C#Cc2ccc(CCC)cc2)cc1. The molecular formula is C23H28O. The Bertz CT molecular complexity index is 641. The third-order valence-electron chi connectivity index (χ3n) is 3.96. The summed E-state index contributed by atoms with van der Waals surface area (Å²) in [5, 5.41) is 0. The first-order chi connectivity index (χ1) is 11.8. The number of unbranched alkanes of at least 4 members (excludes halogenated alkanes) is 3. The number of ether oxygens (including phenoxy) is 1. The fraction of sp³-hybridized carbons (Fsp3) is 0.391. The molecule has 0 unspecified atom stereocenters. The normalized spacial score (nSPS) is 10.1. The summed E-state index contributed by atoms with van der Waals surface area (Å²) < 4.78 is 5.76. The van der Waals surface area contributed by atoms with Gasteiger partial charge in [-0.25, -0.2) is 0 Å². The van der Waals surface area contributed by atoms with E-state index < -0.39 is 0 Å². The molecule has 24 heavy (non-hydrogen) atoms. The van der Waals surface area contributed by atoms with Gasteiger partial charge in [-0.3, -0.25) is 0 Å². The molecule has 0 aliphatic heterocycles. The van der Waals surface area contributed by atoms with E-state index in [9.17, 15) is 0 Å². The highest BCUT2D eigenvalue weighted by Gasteiger charge is 1.95. The molecule has 0 aromatic heterocycles. The summed E-state index contributed by atoms with van der Waals surface area (Å²) in [6.07, 6.45) is 7.23. The molecule has 0 fully saturated rings. The quantitative estimate of drug-likeness (QED) is 0.428. The number of rotatable bonds is 8. The van der Waals surface area contributed by atoms with Crippen molar-refractivity contribution in [1.29, 1.82) is 0 Å². The molecule has 2 aromatic rings. The predicted molar refractivity (Wildman–Crippen MR) is 102 cm³/mol. The highest BCUT2D eigenvalue weighted by atomic mass is 16.5. The zero-order valence-corrected chi connectivity index (χ0v) is 15.0. The van der Waals surface area contributed by atoms with Crippen LogP contribution in [0.2, 0.25) is 0 Å². The van der Waals surface area contributed by atoms with Crippen LogP contribution in [0.25, 0.3) is 0 Å². The van der Waals surface area contributed by atoms with Gasteiger partial charge in [0, 0.05) is 11.1 Å². The van der Waals surface area contributed by atoms with Gasteiger partial charge in [-0.15, -0.1) is 0 Å². The minimum atomic E-state index is 0.801. The average Bonchev–Trinajstić information content (AvgIpc) is 2.62. The number of hydrogen-bond acceptors (Lipinski definition) is 1. The van der Waals surface area contributed by atoms with E-state index >= 15 is 0 Å². The van der Waals surface area contributed by atoms with Crippen LogP contribution in [0.3, 0.4) is 0 Å². The molecule has 2 rings (SSSR count). The van der Waals surface area contributed by atoms with Crippen LogP contribution in [0.1, 0.15) is 62.6 Å². The van der Waals surface area contributed by atoms with Crippen molar-refractivity contribution in [2.24, 2.45) is 0 Å². The van der Waals surface area contributed by atoms with Gasteiger partial charge in [0.15, 0.2) is 0 Å². The van der Waals surface area contributed by atoms with E-state index in [1.54, 1.807) is 0 Å². The first-order valence-corrected chi connectivity index (χ1v) is 9.15. The average molecular weight is 320 g/mol. The van der Waals surface area contributed by atoms with E-state index in [2.05, 4.69) is 50.0 Å². The Morgan fingerprint density at radius 2 is 1.33 bits per heavy atom. The Kier molecular flexibility index (Phi) is 7.98. The highest BCUT2D eigenvalue weighted by molar-refractivity contribution is 5.44. The monoisotopic (exact) mass is 320 g/mol. The van der Waals surface area contributed by atoms with E-state index in [0.29, 0.717) is 0 Å². The second kappa shape index (κ2) is 10.6. The van der Waals surface area contributed by atoms with Crippen molar-refractivity contribution >= 4 is 0 Å². The van der Waals surface area contributed by atoms with E-state index in [1.165, 1.54) is 31.2 Å². The Morgan fingerprint density at radius 1 is 0.708 bits per heavy atom. The summed E-state index contributed by atoms with van der Waals surface area (Å²) in [5.41, 5.74) is 3.46. The van der Waals surface area contributed by atoms with Crippen LogP contribution in [0.4, 0.5) is 0 Å². The summed E-state index contributed by atoms with van der Waals surface area (Å²) in [4.78, 5) is 0. The van der Waals surface area contributed by atoms with Gasteiger partial charge in [0.25, 0.3) is 0 Å². The molecule has 0 aliphatic carbocycles. The largest absolute Gasteiger partial charge is 0.494 e. The lowest BCUT2D eigenvalue weighted by Crippen LogP contribution is -1.96. The van der Waals surface area contributed by atoms with Crippen LogP contribution in [-0.4, -0.2) is 6.61 Å². The van der Waals surface area contributed by atoms with Crippen molar-refractivity contribution in [3.05, 3.63) is 65.2 Å². The molecule has 0 saturated heterocycles. The van der Waals surface area contributed by atoms with Gasteiger partial charge in [0.2, 0.25) is 0 Å². The van der Waals surface area contributed by atoms with E-state index in [0.717, 1.165) is 36.3 Å². The Morgan fingerprint density at radius 3 is 1.92 bits per heavy atom. The van der Waals surface area contributed by atoms with Crippen LogP contribution < -0.4 is 4.74 Å². The molecule has 1 nitrogen and oxygen atoms in total. The fourth-order valence-corrected chi connectivity index (χ4v) is 2.54. The maximum absolute atomic E-state index is 5.76. The summed E-state index contributed by atoms with van der Waals surface area (Å²) in [6, 6.07) is 16.6. The molecule has 0 amide bonds. The van der Waals surface area contributed by atoms with Crippen molar-refractivity contribution in [3.63, 3.8) is 0 Å². The molecule has 0 N–H and O–H groups in total. The van der Waals surface area contributed by atoms with Crippen LogP contribution in [0.5, 0.6) is 5.75 Å². The molecule has 0 aliphatic rings. The zero-order valence-electron chi connectivity index (χ0n) is 15.0. The van der Waals surface area contributed by atoms with E-state index in [-0.39, 0.29) is 0 Å². The zero-order chi connectivity index (χ0) is 17.0. The highest BCUT2D eigenvalue weighted by Crippen LogP contribution is 2.13. The molecular weight excluding hydrogens is 292 g/mol. The van der Waals surface area contributed by atoms with E-state index in [1.807, 2.05) is 24.3 Å². The lowest BCUT2D eigenvalue weighted by atomic mass is 10.1. The van der Waals surface area contributed by atoms with Gasteiger partial charge < -0.3 is 4.74 Å². The van der Waals surface area contributed by atoms with Crippen LogP contribution >= 0.6 is 0 Å². The van der Waals surface area contributed by atoms with Crippen molar-refractivity contribution in [1.82, 2.24) is 0 Å². The summed E-state index contributed by atoms with van der Waals surface area (Å²) in [6.45, 7) is 5.22. The Hall–Kier alpha value is -2.20. The van der Waals surface area contributed by atoms with Crippen molar-refractivity contribution in [3.8, 4) is 17.6 Å². The van der Waals surface area contributed by atoms with Gasteiger partial charge in [0.05, 0.1) is 6.61 Å². The van der Waals surface area contributed by atoms with Gasteiger partial charge in [-0.1, -0.05) is 63.5 Å². The summed E-state index contributed by atoms with van der Waals surface area (Å²) in [7, 11) is 0. The first-order valence-electron chi connectivity index (χ1n) is 9.15. The Balaban J connectivity index is 1.85. The van der Waals surface area contributed by atoms with Crippen LogP contribution in [0.15, 0.2) is 48.5 Å². The van der Waals surface area contributed by atoms with Gasteiger partial charge in [0.1, 0.15) is 5.75 Å². The van der Waals surface area contributed by atoms with Gasteiger partial charge >= 0.3 is 0 Å². The lowest BCUT2D eigenvalue weighted by Gasteiger charge is -2.05. The lowest BCUT2D eigenvalue weighted by molar-refractivity contribution is 0.305. The van der Waals surface area contributed by atoms with Gasteiger partial charge in [-0.2, -0.15) is 0 Å². The molecule has 0 saturated carbocycles. The number of benzene rings is 2. The molecule has 126 valence electrons. The molecule has 0 heterocycles. The van der Waals surface area contributed by atoms with Crippen molar-refractivity contribution in [2.45, 2.75) is 52.4 Å². The van der Waals surface area contributed by atoms with Gasteiger partial charge in [-0.05, 0) is 54.8 Å². The standard InChI is InChI=1S/C23H28O/c1-3-5-6-7-19-24-23-17-15-22(16-18-23)14-13-21-11-9-20(8-4-2)10-12-21/h9-12,15-18H,3-8,19H2,1-2H3. The number of hydrogen-bond donors (Lipinski definition) is 0. The third-order valence-corrected chi connectivity index (χ3v) is 3.96. The summed E-state index contributed by atoms with van der Waals surface area (Å²) in [5.74, 6) is 7.37. The maximum Gasteiger partial charge on any atom is 0.119 e. The molecule has 2 aromatic carbocycles. The number of aryl methyl sites for hydroxylation is 1. The minimum Gasteiger partial charge on any atom is -0.494 e. The van der Waals surface area contributed by atoms with Crippen molar-refractivity contribution < 1.29 is 4.74 Å². The topological polar surface area (TPSA) is 9.23 Å². The van der Waals surface area contributed by atoms with E-state index in [4.69, 9.17) is 4.74 Å². The van der Waals surface area contributed by atoms with Crippen LogP contribution in [-0.2, 0) is 6.42 Å². The van der Waals surface area contributed by atoms with Crippen LogP contribution in [0, 0.1) is 11.8 Å². The third kappa shape index (κ3) is 6.50. The maximum atomic E-state index is 5.76. The predicted octanol–water partition coefficient (Wildman–Crippen LogP) is 6.00.